The lowest BCUT2D eigenvalue weighted by atomic mass is 9.83. The predicted molar refractivity (Wildman–Crippen MR) is 112 cm³/mol. The van der Waals surface area contributed by atoms with Crippen LogP contribution in [0.5, 0.6) is 0 Å². The van der Waals surface area contributed by atoms with Gasteiger partial charge in [-0.2, -0.15) is 0 Å². The minimum Gasteiger partial charge on any atom is -0.444 e. The van der Waals surface area contributed by atoms with E-state index < -0.39 is 17.2 Å². The Morgan fingerprint density at radius 1 is 1.21 bits per heavy atom. The number of carbonyl (C=O) groups excluding carboxylic acids is 2. The summed E-state index contributed by atoms with van der Waals surface area (Å²) < 4.78 is 5.65. The number of hydrogen-bond acceptors (Lipinski definition) is 3. The number of amides is 2. The lowest BCUT2D eigenvalue weighted by molar-refractivity contribution is -0.155. The van der Waals surface area contributed by atoms with Crippen molar-refractivity contribution < 1.29 is 14.3 Å². The molecule has 1 aromatic carbocycles. The highest BCUT2D eigenvalue weighted by Gasteiger charge is 2.53. The molecular weight excluding hydrogens is 352 g/mol. The van der Waals surface area contributed by atoms with Gasteiger partial charge < -0.3 is 9.64 Å². The minimum absolute atomic E-state index is 0.0971. The number of carbonyl (C=O) groups is 2. The zero-order chi connectivity index (χ0) is 20.9. The van der Waals surface area contributed by atoms with Crippen LogP contribution in [0, 0.1) is 0 Å². The van der Waals surface area contributed by atoms with Crippen LogP contribution in [-0.4, -0.2) is 45.5 Å². The molecule has 0 bridgehead atoms. The third kappa shape index (κ3) is 4.64. The molecule has 1 aliphatic heterocycles. The van der Waals surface area contributed by atoms with Crippen LogP contribution in [0.3, 0.4) is 0 Å². The Morgan fingerprint density at radius 2 is 1.79 bits per heavy atom. The van der Waals surface area contributed by atoms with E-state index in [9.17, 15) is 9.59 Å². The van der Waals surface area contributed by atoms with Crippen molar-refractivity contribution in [2.75, 3.05) is 6.54 Å². The maximum atomic E-state index is 13.6. The Balaban J connectivity index is 2.43. The topological polar surface area (TPSA) is 49.9 Å². The number of hydrogen-bond donors (Lipinski definition) is 0. The molecule has 1 heterocycles. The molecule has 0 saturated carbocycles. The molecule has 1 fully saturated rings. The standard InChI is InChI=1S/C23H32N2O3/c1-7-14-23(15-8-2)20(26)24(17-19-12-10-9-11-13-19)16-18(3)25(23)21(27)28-22(4,5)6/h7-13,18H,1-2,14-17H2,3-6H3/t18-/m0/s1. The average Bonchev–Trinajstić information content (AvgIpc) is 2.59. The van der Waals surface area contributed by atoms with E-state index in [0.29, 0.717) is 25.9 Å². The van der Waals surface area contributed by atoms with Gasteiger partial charge in [0.15, 0.2) is 0 Å². The van der Waals surface area contributed by atoms with E-state index in [4.69, 9.17) is 4.74 Å². The van der Waals surface area contributed by atoms with E-state index in [1.165, 1.54) is 0 Å². The third-order valence-electron chi connectivity index (χ3n) is 4.84. The maximum absolute atomic E-state index is 13.6. The summed E-state index contributed by atoms with van der Waals surface area (Å²) in [7, 11) is 0. The van der Waals surface area contributed by atoms with Crippen LogP contribution in [0.15, 0.2) is 55.6 Å². The summed E-state index contributed by atoms with van der Waals surface area (Å²) in [5.41, 5.74) is -0.659. The Labute approximate surface area is 168 Å². The summed E-state index contributed by atoms with van der Waals surface area (Å²) in [5.74, 6) is -0.0971. The summed E-state index contributed by atoms with van der Waals surface area (Å²) in [5, 5.41) is 0. The van der Waals surface area contributed by atoms with Gasteiger partial charge in [-0.1, -0.05) is 42.5 Å². The van der Waals surface area contributed by atoms with Crippen LogP contribution in [0.4, 0.5) is 4.79 Å². The van der Waals surface area contributed by atoms with Gasteiger partial charge in [0.25, 0.3) is 0 Å². The Hall–Kier alpha value is -2.56. The second-order valence-electron chi connectivity index (χ2n) is 8.39. The van der Waals surface area contributed by atoms with E-state index in [1.54, 1.807) is 17.1 Å². The molecule has 0 aromatic heterocycles. The van der Waals surface area contributed by atoms with Crippen LogP contribution in [0.2, 0.25) is 0 Å². The van der Waals surface area contributed by atoms with Gasteiger partial charge in [-0.05, 0) is 46.1 Å². The second kappa shape index (κ2) is 8.63. The number of rotatable bonds is 6. The molecule has 0 spiro atoms. The molecule has 28 heavy (non-hydrogen) atoms. The van der Waals surface area contributed by atoms with Crippen molar-refractivity contribution in [3.63, 3.8) is 0 Å². The van der Waals surface area contributed by atoms with E-state index in [-0.39, 0.29) is 11.9 Å². The monoisotopic (exact) mass is 384 g/mol. The smallest absolute Gasteiger partial charge is 0.411 e. The van der Waals surface area contributed by atoms with E-state index >= 15 is 0 Å². The lowest BCUT2D eigenvalue weighted by Crippen LogP contribution is -2.70. The largest absolute Gasteiger partial charge is 0.444 e. The lowest BCUT2D eigenvalue weighted by Gasteiger charge is -2.52. The van der Waals surface area contributed by atoms with Gasteiger partial charge in [0.1, 0.15) is 11.1 Å². The normalized spacial score (nSPS) is 19.3. The Kier molecular flexibility index (Phi) is 6.70. The van der Waals surface area contributed by atoms with E-state index in [0.717, 1.165) is 5.56 Å². The fourth-order valence-electron chi connectivity index (χ4n) is 3.84. The van der Waals surface area contributed by atoms with Crippen molar-refractivity contribution in [1.82, 2.24) is 9.80 Å². The maximum Gasteiger partial charge on any atom is 0.411 e. The highest BCUT2D eigenvalue weighted by atomic mass is 16.6. The number of nitrogens with zero attached hydrogens (tertiary/aromatic N) is 2. The summed E-state index contributed by atoms with van der Waals surface area (Å²) >= 11 is 0. The molecule has 0 radical (unpaired) electrons. The SMILES string of the molecule is C=CCC1(CC=C)C(=O)N(Cc2ccccc2)C[C@H](C)N1C(=O)OC(C)(C)C. The van der Waals surface area contributed by atoms with Crippen molar-refractivity contribution in [2.45, 2.75) is 64.3 Å². The quantitative estimate of drug-likeness (QED) is 0.676. The van der Waals surface area contributed by atoms with E-state index in [1.807, 2.05) is 62.9 Å². The van der Waals surface area contributed by atoms with Gasteiger partial charge in [-0.25, -0.2) is 4.79 Å². The minimum atomic E-state index is -1.07. The van der Waals surface area contributed by atoms with Gasteiger partial charge in [0, 0.05) is 13.1 Å². The molecule has 0 aliphatic carbocycles. The molecular formula is C23H32N2O3. The molecule has 1 saturated heterocycles. The predicted octanol–water partition coefficient (Wildman–Crippen LogP) is 4.55. The first-order valence-electron chi connectivity index (χ1n) is 9.72. The zero-order valence-corrected chi connectivity index (χ0v) is 17.5. The molecule has 1 aromatic rings. The van der Waals surface area contributed by atoms with Gasteiger partial charge in [0.05, 0.1) is 6.04 Å². The molecule has 1 atom stereocenters. The third-order valence-corrected chi connectivity index (χ3v) is 4.84. The van der Waals surface area contributed by atoms with Crippen LogP contribution in [-0.2, 0) is 16.1 Å². The summed E-state index contributed by atoms with van der Waals surface area (Å²) in [6.07, 6.45) is 3.59. The van der Waals surface area contributed by atoms with Crippen molar-refractivity contribution in [1.29, 1.82) is 0 Å². The van der Waals surface area contributed by atoms with Gasteiger partial charge in [-0.3, -0.25) is 9.69 Å². The first kappa shape index (κ1) is 21.7. The van der Waals surface area contributed by atoms with Crippen molar-refractivity contribution in [3.8, 4) is 0 Å². The molecule has 5 nitrogen and oxygen atoms in total. The summed E-state index contributed by atoms with van der Waals surface area (Å²) in [6, 6.07) is 9.67. The first-order valence-corrected chi connectivity index (χ1v) is 9.72. The molecule has 152 valence electrons. The van der Waals surface area contributed by atoms with Crippen molar-refractivity contribution >= 4 is 12.0 Å². The fraction of sp³-hybridized carbons (Fsp3) is 0.478. The number of piperazine rings is 1. The summed E-state index contributed by atoms with van der Waals surface area (Å²) in [4.78, 5) is 30.1. The molecule has 1 aliphatic rings. The number of ether oxygens (including phenoxy) is 1. The van der Waals surface area contributed by atoms with Crippen LogP contribution in [0.25, 0.3) is 0 Å². The van der Waals surface area contributed by atoms with E-state index in [2.05, 4.69) is 13.2 Å². The van der Waals surface area contributed by atoms with Gasteiger partial charge >= 0.3 is 6.09 Å². The Bertz CT molecular complexity index is 711. The summed E-state index contributed by atoms with van der Waals surface area (Å²) in [6.45, 7) is 16.0. The van der Waals surface area contributed by atoms with Crippen LogP contribution in [0.1, 0.15) is 46.1 Å². The first-order chi connectivity index (χ1) is 13.1. The van der Waals surface area contributed by atoms with Crippen molar-refractivity contribution in [2.24, 2.45) is 0 Å². The molecule has 2 amide bonds. The zero-order valence-electron chi connectivity index (χ0n) is 17.5. The van der Waals surface area contributed by atoms with Crippen LogP contribution >= 0.6 is 0 Å². The molecule has 0 unspecified atom stereocenters. The molecule has 2 rings (SSSR count). The van der Waals surface area contributed by atoms with Crippen molar-refractivity contribution in [3.05, 3.63) is 61.2 Å². The highest BCUT2D eigenvalue weighted by Crippen LogP contribution is 2.36. The second-order valence-corrected chi connectivity index (χ2v) is 8.39. The molecule has 0 N–H and O–H groups in total. The van der Waals surface area contributed by atoms with Gasteiger partial charge in [0.2, 0.25) is 5.91 Å². The average molecular weight is 385 g/mol. The Morgan fingerprint density at radius 3 is 2.29 bits per heavy atom. The number of benzene rings is 1. The molecule has 5 heteroatoms. The highest BCUT2D eigenvalue weighted by molar-refractivity contribution is 5.92. The fourth-order valence-corrected chi connectivity index (χ4v) is 3.84. The van der Waals surface area contributed by atoms with Gasteiger partial charge in [-0.15, -0.1) is 13.2 Å². The van der Waals surface area contributed by atoms with Crippen LogP contribution < -0.4 is 0 Å².